The predicted molar refractivity (Wildman–Crippen MR) is 15.2 cm³/mol. The Balaban J connectivity index is -0.0000000720. The SMILES string of the molecule is O=[P+]([O-])[O-].O=[P+]([O-])[O-].[W]. The van der Waals surface area contributed by atoms with E-state index in [1.807, 2.05) is 0 Å². The Labute approximate surface area is 66.7 Å². The van der Waals surface area contributed by atoms with Gasteiger partial charge >= 0.3 is 0 Å². The quantitative estimate of drug-likeness (QED) is 0.425. The Morgan fingerprint density at radius 2 is 0.778 bits per heavy atom. The van der Waals surface area contributed by atoms with Crippen LogP contribution in [-0.2, 0) is 30.2 Å². The monoisotopic (exact) mass is 342 g/mol. The first-order valence-electron chi connectivity index (χ1n) is 1.10. The van der Waals surface area contributed by atoms with Gasteiger partial charge in [0, 0.05) is 21.1 Å². The Morgan fingerprint density at radius 3 is 0.778 bits per heavy atom. The molecule has 0 aliphatic carbocycles. The van der Waals surface area contributed by atoms with Crippen LogP contribution < -0.4 is 19.6 Å². The molecule has 6 nitrogen and oxygen atoms in total. The molecule has 54 valence electrons. The van der Waals surface area contributed by atoms with Crippen molar-refractivity contribution in [1.82, 2.24) is 0 Å². The van der Waals surface area contributed by atoms with Crippen molar-refractivity contribution in [2.75, 3.05) is 0 Å². The minimum Gasteiger partial charge on any atom is -0.598 e. The smallest absolute Gasteiger partial charge is 0.276 e. The molecule has 0 aliphatic rings. The van der Waals surface area contributed by atoms with Gasteiger partial charge in [0.25, 0.3) is 16.5 Å². The van der Waals surface area contributed by atoms with Crippen LogP contribution in [0.25, 0.3) is 0 Å². The van der Waals surface area contributed by atoms with Crippen molar-refractivity contribution >= 4 is 16.5 Å². The topological polar surface area (TPSA) is 126 Å². The Kier molecular flexibility index (Phi) is 20.9. The molecule has 0 radical (unpaired) electrons. The Hall–Kier alpha value is 0.728. The van der Waals surface area contributed by atoms with Crippen molar-refractivity contribution in [2.45, 2.75) is 0 Å². The van der Waals surface area contributed by atoms with Crippen LogP contribution >= 0.6 is 16.5 Å². The van der Waals surface area contributed by atoms with E-state index in [0.29, 0.717) is 0 Å². The minimum atomic E-state index is -3.37. The minimum absolute atomic E-state index is 0. The molecule has 0 aliphatic heterocycles. The second kappa shape index (κ2) is 11.5. The molecular formula is O6P2W-2. The van der Waals surface area contributed by atoms with Gasteiger partial charge in [0.2, 0.25) is 0 Å². The van der Waals surface area contributed by atoms with E-state index in [2.05, 4.69) is 0 Å². The van der Waals surface area contributed by atoms with Crippen LogP contribution in [0.5, 0.6) is 0 Å². The van der Waals surface area contributed by atoms with E-state index in [1.165, 1.54) is 0 Å². The van der Waals surface area contributed by atoms with Crippen molar-refractivity contribution < 1.29 is 49.8 Å². The van der Waals surface area contributed by atoms with Crippen LogP contribution in [0, 0.1) is 0 Å². The standard InChI is InChI=1S/2HO3P.W/c2*1-4(2)3;/h2*(H,1,2,3);/p-2. The van der Waals surface area contributed by atoms with Crippen LogP contribution in [0.2, 0.25) is 0 Å². The molecular weight excluding hydrogens is 342 g/mol. The largest absolute Gasteiger partial charge is 0.598 e. The molecule has 0 N–H and O–H groups in total. The Morgan fingerprint density at radius 1 is 0.778 bits per heavy atom. The van der Waals surface area contributed by atoms with Gasteiger partial charge < -0.3 is 19.6 Å². The van der Waals surface area contributed by atoms with Gasteiger partial charge in [-0.05, 0) is 0 Å². The molecule has 0 saturated carbocycles. The first kappa shape index (κ1) is 16.4. The van der Waals surface area contributed by atoms with E-state index >= 15 is 0 Å². The zero-order valence-corrected chi connectivity index (χ0v) is 8.47. The maximum atomic E-state index is 8.48. The normalized spacial score (nSPS) is 5.78. The third-order valence-corrected chi connectivity index (χ3v) is 0. The molecule has 0 heterocycles. The summed E-state index contributed by atoms with van der Waals surface area (Å²) in [5, 5.41) is 0. The molecule has 0 fully saturated rings. The second-order valence-corrected chi connectivity index (χ2v) is 1.34. The average molecular weight is 342 g/mol. The van der Waals surface area contributed by atoms with Crippen molar-refractivity contribution in [3.8, 4) is 0 Å². The van der Waals surface area contributed by atoms with Crippen LogP contribution in [-0.4, -0.2) is 0 Å². The molecule has 0 bridgehead atoms. The maximum absolute atomic E-state index is 8.48. The Bertz CT molecular complexity index is 69.1. The summed E-state index contributed by atoms with van der Waals surface area (Å²) in [5.74, 6) is 0. The first-order chi connectivity index (χ1) is 3.46. The van der Waals surface area contributed by atoms with Gasteiger partial charge in [-0.25, -0.2) is 0 Å². The molecule has 0 aromatic carbocycles. The maximum Gasteiger partial charge on any atom is 0.276 e. The average Bonchev–Trinajstić information content (AvgIpc) is 1.25. The first-order valence-corrected chi connectivity index (χ1v) is 3.29. The summed E-state index contributed by atoms with van der Waals surface area (Å²) in [6.07, 6.45) is 0. The van der Waals surface area contributed by atoms with Gasteiger partial charge in [-0.15, -0.1) is 0 Å². The summed E-state index contributed by atoms with van der Waals surface area (Å²) in [6.45, 7) is 0. The van der Waals surface area contributed by atoms with E-state index in [9.17, 15) is 0 Å². The fourth-order valence-electron chi connectivity index (χ4n) is 0. The fourth-order valence-corrected chi connectivity index (χ4v) is 0. The van der Waals surface area contributed by atoms with Crippen LogP contribution in [0.3, 0.4) is 0 Å². The molecule has 9 heavy (non-hydrogen) atoms. The molecule has 0 unspecified atom stereocenters. The van der Waals surface area contributed by atoms with E-state index in [4.69, 9.17) is 28.7 Å². The van der Waals surface area contributed by atoms with E-state index in [0.717, 1.165) is 0 Å². The zero-order valence-electron chi connectivity index (χ0n) is 3.75. The van der Waals surface area contributed by atoms with Crippen molar-refractivity contribution in [3.63, 3.8) is 0 Å². The molecule has 0 rings (SSSR count). The van der Waals surface area contributed by atoms with Gasteiger partial charge in [0.05, 0.1) is 0 Å². The van der Waals surface area contributed by atoms with Crippen LogP contribution in [0.15, 0.2) is 0 Å². The molecule has 0 amide bonds. The van der Waals surface area contributed by atoms with Gasteiger partial charge in [-0.2, -0.15) is 0 Å². The molecule has 0 aromatic heterocycles. The summed E-state index contributed by atoms with van der Waals surface area (Å²) in [6, 6.07) is 0. The van der Waals surface area contributed by atoms with Crippen molar-refractivity contribution in [1.29, 1.82) is 0 Å². The molecule has 0 aromatic rings. The van der Waals surface area contributed by atoms with Gasteiger partial charge in [0.1, 0.15) is 0 Å². The second-order valence-electron chi connectivity index (χ2n) is 0.447. The summed E-state index contributed by atoms with van der Waals surface area (Å²) in [5.41, 5.74) is 0. The number of hydrogen-bond donors (Lipinski definition) is 0. The summed E-state index contributed by atoms with van der Waals surface area (Å²) < 4.78 is 17.0. The van der Waals surface area contributed by atoms with Gasteiger partial charge in [-0.3, -0.25) is 0 Å². The number of rotatable bonds is 0. The van der Waals surface area contributed by atoms with E-state index < -0.39 is 16.5 Å². The fraction of sp³-hybridized carbons (Fsp3) is 0. The van der Waals surface area contributed by atoms with Crippen LogP contribution in [0.1, 0.15) is 0 Å². The van der Waals surface area contributed by atoms with Gasteiger partial charge in [0.15, 0.2) is 0 Å². The molecule has 0 spiro atoms. The molecule has 0 saturated heterocycles. The number of hydrogen-bond acceptors (Lipinski definition) is 6. The molecule has 9 heteroatoms. The van der Waals surface area contributed by atoms with Crippen molar-refractivity contribution in [2.24, 2.45) is 0 Å². The van der Waals surface area contributed by atoms with Gasteiger partial charge in [-0.1, -0.05) is 9.13 Å². The van der Waals surface area contributed by atoms with E-state index in [-0.39, 0.29) is 21.1 Å². The predicted octanol–water partition coefficient (Wildman–Crippen LogP) is -3.27. The van der Waals surface area contributed by atoms with Crippen LogP contribution in [0.4, 0.5) is 0 Å². The van der Waals surface area contributed by atoms with E-state index in [1.54, 1.807) is 0 Å². The summed E-state index contributed by atoms with van der Waals surface area (Å²) in [4.78, 5) is 33.9. The summed E-state index contributed by atoms with van der Waals surface area (Å²) >= 11 is 0. The zero-order chi connectivity index (χ0) is 7.15. The van der Waals surface area contributed by atoms with Crippen molar-refractivity contribution in [3.05, 3.63) is 0 Å². The summed E-state index contributed by atoms with van der Waals surface area (Å²) in [7, 11) is -6.74. The third kappa shape index (κ3) is 745. The molecule has 0 atom stereocenters. The third-order valence-electron chi connectivity index (χ3n) is 0.